The molecule has 15 heavy (non-hydrogen) atoms. The van der Waals surface area contributed by atoms with Crippen LogP contribution in [0.2, 0.25) is 0 Å². The Balaban J connectivity index is 3.28. The Labute approximate surface area is 91.1 Å². The fourth-order valence-electron chi connectivity index (χ4n) is 0.915. The van der Waals surface area contributed by atoms with Gasteiger partial charge in [-0.05, 0) is 22.0 Å². The zero-order chi connectivity index (χ0) is 11.6. The highest BCUT2D eigenvalue weighted by atomic mass is 79.9. The Morgan fingerprint density at radius 3 is 2.60 bits per heavy atom. The van der Waals surface area contributed by atoms with Gasteiger partial charge in [-0.3, -0.25) is 4.79 Å². The molecule has 2 N–H and O–H groups in total. The number of carbonyl (C=O) groups is 1. The Morgan fingerprint density at radius 1 is 1.53 bits per heavy atom. The smallest absolute Gasteiger partial charge is 0.387 e. The van der Waals surface area contributed by atoms with Crippen LogP contribution in [0.1, 0.15) is 10.4 Å². The van der Waals surface area contributed by atoms with Crippen LogP contribution in [0, 0.1) is 5.82 Å². The van der Waals surface area contributed by atoms with E-state index >= 15 is 0 Å². The molecule has 0 amide bonds. The minimum atomic E-state index is -3.11. The van der Waals surface area contributed by atoms with Gasteiger partial charge < -0.3 is 10.5 Å². The van der Waals surface area contributed by atoms with Crippen molar-refractivity contribution in [2.45, 2.75) is 6.61 Å². The number of anilines is 1. The summed E-state index contributed by atoms with van der Waals surface area (Å²) in [7, 11) is 0. The Morgan fingerprint density at radius 2 is 2.13 bits per heavy atom. The minimum Gasteiger partial charge on any atom is -0.433 e. The average molecular weight is 284 g/mol. The summed E-state index contributed by atoms with van der Waals surface area (Å²) in [5, 5.41) is 0. The number of alkyl halides is 2. The molecule has 3 nitrogen and oxygen atoms in total. The molecule has 0 radical (unpaired) electrons. The van der Waals surface area contributed by atoms with Gasteiger partial charge in [0, 0.05) is 5.56 Å². The van der Waals surface area contributed by atoms with Crippen molar-refractivity contribution >= 4 is 27.9 Å². The number of ether oxygens (including phenoxy) is 1. The molecule has 0 saturated heterocycles. The summed E-state index contributed by atoms with van der Waals surface area (Å²) >= 11 is 2.69. The van der Waals surface area contributed by atoms with E-state index in [4.69, 9.17) is 5.73 Å². The molecule has 0 aromatic heterocycles. The first-order valence-electron chi connectivity index (χ1n) is 3.64. The number of nitrogen functional groups attached to an aromatic ring is 1. The summed E-state index contributed by atoms with van der Waals surface area (Å²) in [5.74, 6) is -1.48. The molecule has 0 aliphatic heterocycles. The second-order valence-corrected chi connectivity index (χ2v) is 3.29. The van der Waals surface area contributed by atoms with Crippen LogP contribution >= 0.6 is 15.9 Å². The van der Waals surface area contributed by atoms with Gasteiger partial charge in [0.25, 0.3) is 0 Å². The average Bonchev–Trinajstić information content (AvgIpc) is 2.18. The molecule has 1 rings (SSSR count). The molecule has 7 heteroatoms. The van der Waals surface area contributed by atoms with E-state index < -0.39 is 23.9 Å². The maximum atomic E-state index is 13.2. The summed E-state index contributed by atoms with van der Waals surface area (Å²) in [6.45, 7) is -3.11. The fourth-order valence-corrected chi connectivity index (χ4v) is 1.34. The van der Waals surface area contributed by atoms with Crippen LogP contribution in [0.5, 0.6) is 5.75 Å². The number of rotatable bonds is 3. The van der Waals surface area contributed by atoms with Crippen molar-refractivity contribution in [2.24, 2.45) is 0 Å². The van der Waals surface area contributed by atoms with Crippen molar-refractivity contribution < 1.29 is 22.7 Å². The van der Waals surface area contributed by atoms with Crippen LogP contribution in [-0.4, -0.2) is 12.9 Å². The van der Waals surface area contributed by atoms with Crippen molar-refractivity contribution in [3.05, 3.63) is 21.9 Å². The fraction of sp³-hybridized carbons (Fsp3) is 0.125. The number of carbonyl (C=O) groups excluding carboxylic acids is 1. The molecular formula is C8H5BrF3NO2. The monoisotopic (exact) mass is 283 g/mol. The van der Waals surface area contributed by atoms with Crippen LogP contribution in [-0.2, 0) is 0 Å². The van der Waals surface area contributed by atoms with E-state index in [0.29, 0.717) is 0 Å². The van der Waals surface area contributed by atoms with Crippen molar-refractivity contribution in [3.63, 3.8) is 0 Å². The van der Waals surface area contributed by atoms with Gasteiger partial charge in [-0.15, -0.1) is 0 Å². The van der Waals surface area contributed by atoms with Gasteiger partial charge in [0.2, 0.25) is 0 Å². The van der Waals surface area contributed by atoms with Gasteiger partial charge in [0.15, 0.2) is 12.1 Å². The number of nitrogens with two attached hydrogens (primary N) is 1. The van der Waals surface area contributed by atoms with Gasteiger partial charge in [0.05, 0.1) is 10.2 Å². The zero-order valence-corrected chi connectivity index (χ0v) is 8.72. The van der Waals surface area contributed by atoms with Gasteiger partial charge in [-0.25, -0.2) is 4.39 Å². The molecule has 1 aromatic rings. The van der Waals surface area contributed by atoms with Crippen LogP contribution in [0.15, 0.2) is 10.5 Å². The van der Waals surface area contributed by atoms with Crippen molar-refractivity contribution in [3.8, 4) is 5.75 Å². The van der Waals surface area contributed by atoms with Crippen molar-refractivity contribution in [1.82, 2.24) is 0 Å². The standard InChI is InChI=1S/C8H5BrF3NO2/c9-5-4(15-8(11)12)1-3(2-14)7(13)6(5)10/h1-2,8H,13H2. The van der Waals surface area contributed by atoms with Gasteiger partial charge in [0.1, 0.15) is 5.75 Å². The molecule has 82 valence electrons. The lowest BCUT2D eigenvalue weighted by molar-refractivity contribution is -0.0505. The van der Waals surface area contributed by atoms with E-state index in [-0.39, 0.29) is 16.3 Å². The molecule has 0 bridgehead atoms. The van der Waals surface area contributed by atoms with Crippen molar-refractivity contribution in [2.75, 3.05) is 5.73 Å². The summed E-state index contributed by atoms with van der Waals surface area (Å²) in [6, 6.07) is 0.932. The van der Waals surface area contributed by atoms with Gasteiger partial charge in [-0.1, -0.05) is 0 Å². The van der Waals surface area contributed by atoms with E-state index in [1.807, 2.05) is 0 Å². The maximum absolute atomic E-state index is 13.2. The molecular weight excluding hydrogens is 279 g/mol. The SMILES string of the molecule is Nc1c(C=O)cc(OC(F)F)c(Br)c1F. The van der Waals surface area contributed by atoms with E-state index in [1.165, 1.54) is 0 Å². The first-order valence-corrected chi connectivity index (χ1v) is 4.44. The molecule has 0 aliphatic rings. The van der Waals surface area contributed by atoms with Crippen LogP contribution in [0.3, 0.4) is 0 Å². The van der Waals surface area contributed by atoms with Gasteiger partial charge in [-0.2, -0.15) is 8.78 Å². The summed E-state index contributed by atoms with van der Waals surface area (Å²) in [4.78, 5) is 10.4. The summed E-state index contributed by atoms with van der Waals surface area (Å²) in [6.07, 6.45) is 0.253. The molecule has 0 fully saturated rings. The normalized spacial score (nSPS) is 10.5. The maximum Gasteiger partial charge on any atom is 0.387 e. The van der Waals surface area contributed by atoms with E-state index in [2.05, 4.69) is 20.7 Å². The molecule has 1 aromatic carbocycles. The number of benzene rings is 1. The van der Waals surface area contributed by atoms with Crippen LogP contribution in [0.25, 0.3) is 0 Å². The number of hydrogen-bond acceptors (Lipinski definition) is 3. The Kier molecular flexibility index (Phi) is 3.57. The third kappa shape index (κ3) is 2.41. The molecule has 0 saturated carbocycles. The minimum absolute atomic E-state index is 0.244. The predicted octanol–water partition coefficient (Wildman–Crippen LogP) is 2.58. The van der Waals surface area contributed by atoms with E-state index in [0.717, 1.165) is 6.07 Å². The van der Waals surface area contributed by atoms with E-state index in [1.54, 1.807) is 0 Å². The quantitative estimate of drug-likeness (QED) is 0.685. The predicted molar refractivity (Wildman–Crippen MR) is 50.5 cm³/mol. The molecule has 0 spiro atoms. The third-order valence-corrected chi connectivity index (χ3v) is 2.33. The van der Waals surface area contributed by atoms with Gasteiger partial charge >= 0.3 is 6.61 Å². The lowest BCUT2D eigenvalue weighted by Crippen LogP contribution is -2.06. The second-order valence-electron chi connectivity index (χ2n) is 2.50. The van der Waals surface area contributed by atoms with Crippen molar-refractivity contribution in [1.29, 1.82) is 0 Å². The third-order valence-electron chi connectivity index (χ3n) is 1.59. The number of hydrogen-bond donors (Lipinski definition) is 1. The lowest BCUT2D eigenvalue weighted by atomic mass is 10.2. The molecule has 0 heterocycles. The van der Waals surface area contributed by atoms with E-state index in [9.17, 15) is 18.0 Å². The summed E-state index contributed by atoms with van der Waals surface area (Å²) in [5.41, 5.74) is 4.55. The van der Waals surface area contributed by atoms with Crippen LogP contribution < -0.4 is 10.5 Å². The summed E-state index contributed by atoms with van der Waals surface area (Å²) < 4.78 is 40.6. The first-order chi connectivity index (χ1) is 6.97. The zero-order valence-electron chi connectivity index (χ0n) is 7.14. The Hall–Kier alpha value is -1.24. The van der Waals surface area contributed by atoms with Crippen LogP contribution in [0.4, 0.5) is 18.9 Å². The Bertz CT molecular complexity index is 398. The molecule has 0 unspecified atom stereocenters. The number of halogens is 4. The second kappa shape index (κ2) is 4.52. The largest absolute Gasteiger partial charge is 0.433 e. The topological polar surface area (TPSA) is 52.3 Å². The number of aldehydes is 1. The molecule has 0 aliphatic carbocycles. The first kappa shape index (κ1) is 11.8. The highest BCUT2D eigenvalue weighted by Gasteiger charge is 2.17. The highest BCUT2D eigenvalue weighted by molar-refractivity contribution is 9.10. The molecule has 0 atom stereocenters. The highest BCUT2D eigenvalue weighted by Crippen LogP contribution is 2.34. The lowest BCUT2D eigenvalue weighted by Gasteiger charge is -2.10.